The smallest absolute Gasteiger partial charge is 0.183 e. The second-order valence-corrected chi connectivity index (χ2v) is 8.36. The van der Waals surface area contributed by atoms with Gasteiger partial charge in [0.05, 0.1) is 22.3 Å². The molecule has 1 aliphatic rings. The fourth-order valence-electron chi connectivity index (χ4n) is 3.22. The number of benzene rings is 2. The van der Waals surface area contributed by atoms with Gasteiger partial charge < -0.3 is 10.5 Å². The largest absolute Gasteiger partial charge is 0.383 e. The Bertz CT molecular complexity index is 792. The Balaban J connectivity index is 2.01. The second-order valence-electron chi connectivity index (χ2n) is 5.85. The Kier molecular flexibility index (Phi) is 4.23. The molecule has 4 nitrogen and oxygen atoms in total. The molecule has 0 bridgehead atoms. The zero-order valence-corrected chi connectivity index (χ0v) is 14.2. The van der Waals surface area contributed by atoms with Crippen molar-refractivity contribution in [2.75, 3.05) is 13.7 Å². The molecule has 3 rings (SSSR count). The highest BCUT2D eigenvalue weighted by molar-refractivity contribution is 7.92. The molecule has 0 radical (unpaired) electrons. The third-order valence-electron chi connectivity index (χ3n) is 4.33. The van der Waals surface area contributed by atoms with Crippen LogP contribution >= 0.6 is 11.6 Å². The minimum absolute atomic E-state index is 0.178. The molecule has 6 heteroatoms. The number of ether oxygens (including phenoxy) is 1. The highest BCUT2D eigenvalue weighted by Gasteiger charge is 2.69. The first-order valence-corrected chi connectivity index (χ1v) is 9.16. The van der Waals surface area contributed by atoms with Crippen molar-refractivity contribution in [3.05, 3.63) is 65.2 Å². The van der Waals surface area contributed by atoms with Gasteiger partial charge in [0.25, 0.3) is 0 Å². The molecule has 1 aliphatic carbocycles. The quantitative estimate of drug-likeness (QED) is 0.899. The maximum atomic E-state index is 13.0. The normalized spacial score (nSPS) is 26.9. The molecule has 0 amide bonds. The lowest BCUT2D eigenvalue weighted by Gasteiger charge is -2.11. The van der Waals surface area contributed by atoms with Crippen LogP contribution in [-0.2, 0) is 14.6 Å². The van der Waals surface area contributed by atoms with E-state index in [-0.39, 0.29) is 17.4 Å². The van der Waals surface area contributed by atoms with Gasteiger partial charge in [-0.25, -0.2) is 8.42 Å². The van der Waals surface area contributed by atoms with Crippen LogP contribution in [0.3, 0.4) is 0 Å². The van der Waals surface area contributed by atoms with Crippen LogP contribution in [-0.4, -0.2) is 32.9 Å². The van der Waals surface area contributed by atoms with Crippen LogP contribution in [0.15, 0.2) is 59.5 Å². The minimum atomic E-state index is -3.54. The molecular formula is C17H18ClNO3S. The molecular weight excluding hydrogens is 334 g/mol. The first kappa shape index (κ1) is 16.5. The molecule has 1 fully saturated rings. The number of sulfone groups is 1. The molecule has 1 saturated carbocycles. The molecule has 0 heterocycles. The highest BCUT2D eigenvalue weighted by atomic mass is 35.5. The minimum Gasteiger partial charge on any atom is -0.383 e. The number of hydrogen-bond donors (Lipinski definition) is 1. The Hall–Kier alpha value is -1.40. The first-order chi connectivity index (χ1) is 10.9. The third kappa shape index (κ3) is 2.78. The lowest BCUT2D eigenvalue weighted by atomic mass is 10.1. The third-order valence-corrected chi connectivity index (χ3v) is 6.89. The van der Waals surface area contributed by atoms with E-state index in [0.29, 0.717) is 5.02 Å². The summed E-state index contributed by atoms with van der Waals surface area (Å²) >= 11 is 5.92. The molecule has 122 valence electrons. The van der Waals surface area contributed by atoms with Gasteiger partial charge in [-0.05, 0) is 29.8 Å². The van der Waals surface area contributed by atoms with E-state index in [9.17, 15) is 8.42 Å². The number of hydrogen-bond acceptors (Lipinski definition) is 4. The zero-order chi connectivity index (χ0) is 16.7. The molecule has 3 atom stereocenters. The predicted molar refractivity (Wildman–Crippen MR) is 90.4 cm³/mol. The van der Waals surface area contributed by atoms with Gasteiger partial charge >= 0.3 is 0 Å². The lowest BCUT2D eigenvalue weighted by molar-refractivity contribution is 0.171. The van der Waals surface area contributed by atoms with Crippen LogP contribution in [0.4, 0.5) is 0 Å². The average molecular weight is 352 g/mol. The van der Waals surface area contributed by atoms with Gasteiger partial charge in [-0.3, -0.25) is 0 Å². The molecule has 0 saturated heterocycles. The zero-order valence-electron chi connectivity index (χ0n) is 12.6. The molecule has 23 heavy (non-hydrogen) atoms. The summed E-state index contributed by atoms with van der Waals surface area (Å²) in [5, 5.41) is -0.107. The second kappa shape index (κ2) is 5.91. The van der Waals surface area contributed by atoms with Crippen molar-refractivity contribution in [2.45, 2.75) is 21.6 Å². The van der Waals surface area contributed by atoms with Gasteiger partial charge in [0.2, 0.25) is 0 Å². The van der Waals surface area contributed by atoms with Crippen molar-refractivity contribution in [3.63, 3.8) is 0 Å². The Morgan fingerprint density at radius 1 is 1.13 bits per heavy atom. The fraction of sp³-hybridized carbons (Fsp3) is 0.294. The summed E-state index contributed by atoms with van der Waals surface area (Å²) in [5.41, 5.74) is 6.33. The first-order valence-electron chi connectivity index (χ1n) is 7.23. The van der Waals surface area contributed by atoms with E-state index in [1.54, 1.807) is 42.5 Å². The highest BCUT2D eigenvalue weighted by Crippen LogP contribution is 2.55. The van der Waals surface area contributed by atoms with Crippen LogP contribution < -0.4 is 5.73 Å². The van der Waals surface area contributed by atoms with Gasteiger partial charge in [0.1, 0.15) is 0 Å². The summed E-state index contributed by atoms with van der Waals surface area (Å²) in [6, 6.07) is 15.5. The van der Waals surface area contributed by atoms with E-state index in [4.69, 9.17) is 22.1 Å². The van der Waals surface area contributed by atoms with E-state index in [0.717, 1.165) is 5.56 Å². The van der Waals surface area contributed by atoms with Gasteiger partial charge in [-0.2, -0.15) is 0 Å². The number of halogens is 1. The summed E-state index contributed by atoms with van der Waals surface area (Å²) in [5.74, 6) is -0.315. The summed E-state index contributed by atoms with van der Waals surface area (Å²) < 4.78 is 31.1. The monoisotopic (exact) mass is 351 g/mol. The summed E-state index contributed by atoms with van der Waals surface area (Å²) in [7, 11) is -2.02. The van der Waals surface area contributed by atoms with E-state index >= 15 is 0 Å². The van der Waals surface area contributed by atoms with Gasteiger partial charge in [0, 0.05) is 18.1 Å². The van der Waals surface area contributed by atoms with Crippen molar-refractivity contribution in [2.24, 2.45) is 5.73 Å². The molecule has 0 spiro atoms. The van der Waals surface area contributed by atoms with Crippen LogP contribution in [0.1, 0.15) is 11.5 Å². The summed E-state index contributed by atoms with van der Waals surface area (Å²) in [6.07, 6.45) is 0. The van der Waals surface area contributed by atoms with E-state index < -0.39 is 20.6 Å². The summed E-state index contributed by atoms with van der Waals surface area (Å²) in [4.78, 5) is 0.285. The predicted octanol–water partition coefficient (Wildman–Crippen LogP) is 2.62. The van der Waals surface area contributed by atoms with Gasteiger partial charge in [0.15, 0.2) is 9.84 Å². The van der Waals surface area contributed by atoms with Crippen LogP contribution in [0, 0.1) is 0 Å². The molecule has 0 unspecified atom stereocenters. The maximum Gasteiger partial charge on any atom is 0.183 e. The Labute approximate surface area is 141 Å². The molecule has 2 N–H and O–H groups in total. The Morgan fingerprint density at radius 3 is 2.30 bits per heavy atom. The molecule has 0 aliphatic heterocycles. The number of nitrogens with two attached hydrogens (primary N) is 1. The standard InChI is InChI=1S/C17H18ClNO3S/c1-22-11-17(19)15(12-7-9-13(18)10-8-12)16(17)23(20,21)14-5-3-2-4-6-14/h2-10,15-16H,11,19H2,1H3/t15-,16+,17-/m0/s1. The van der Waals surface area contributed by atoms with Crippen molar-refractivity contribution in [1.82, 2.24) is 0 Å². The van der Waals surface area contributed by atoms with Crippen LogP contribution in [0.2, 0.25) is 5.02 Å². The molecule has 0 aromatic heterocycles. The summed E-state index contributed by atoms with van der Waals surface area (Å²) in [6.45, 7) is 0.178. The SMILES string of the molecule is COC[C@@]1(N)[C@H](S(=O)(=O)c2ccccc2)[C@@H]1c1ccc(Cl)cc1. The topological polar surface area (TPSA) is 69.4 Å². The van der Waals surface area contributed by atoms with Crippen LogP contribution in [0.25, 0.3) is 0 Å². The van der Waals surface area contributed by atoms with Crippen molar-refractivity contribution >= 4 is 21.4 Å². The van der Waals surface area contributed by atoms with E-state index in [1.165, 1.54) is 7.11 Å². The molecule has 2 aromatic rings. The number of rotatable bonds is 5. The van der Waals surface area contributed by atoms with E-state index in [1.807, 2.05) is 12.1 Å². The molecule has 2 aromatic carbocycles. The van der Waals surface area contributed by atoms with Crippen molar-refractivity contribution in [1.29, 1.82) is 0 Å². The number of methoxy groups -OCH3 is 1. The fourth-order valence-corrected chi connectivity index (χ4v) is 5.66. The maximum absolute atomic E-state index is 13.0. The van der Waals surface area contributed by atoms with E-state index in [2.05, 4.69) is 0 Å². The van der Waals surface area contributed by atoms with Crippen molar-refractivity contribution < 1.29 is 13.2 Å². The van der Waals surface area contributed by atoms with Gasteiger partial charge in [-0.1, -0.05) is 41.9 Å². The lowest BCUT2D eigenvalue weighted by Crippen LogP contribution is -2.35. The van der Waals surface area contributed by atoms with Crippen molar-refractivity contribution in [3.8, 4) is 0 Å². The van der Waals surface area contributed by atoms with Crippen LogP contribution in [0.5, 0.6) is 0 Å². The van der Waals surface area contributed by atoms with Gasteiger partial charge in [-0.15, -0.1) is 0 Å². The average Bonchev–Trinajstić information content (AvgIpc) is 3.15. The Morgan fingerprint density at radius 2 is 1.74 bits per heavy atom.